The van der Waals surface area contributed by atoms with Crippen LogP contribution < -0.4 is 10.1 Å². The summed E-state index contributed by atoms with van der Waals surface area (Å²) in [6, 6.07) is 6.56. The van der Waals surface area contributed by atoms with Gasteiger partial charge in [0.1, 0.15) is 11.5 Å². The predicted octanol–water partition coefficient (Wildman–Crippen LogP) is 2.08. The number of phenols is 1. The molecule has 0 saturated carbocycles. The minimum absolute atomic E-state index is 0.0303. The SMILES string of the molecule is CCCC(C)NC(=O)COc1cccc(O)c1. The molecule has 0 heterocycles. The van der Waals surface area contributed by atoms with Gasteiger partial charge in [-0.3, -0.25) is 4.79 Å². The predicted molar refractivity (Wildman–Crippen MR) is 66.1 cm³/mol. The maximum Gasteiger partial charge on any atom is 0.258 e. The standard InChI is InChI=1S/C13H19NO3/c1-3-5-10(2)14-13(16)9-17-12-7-4-6-11(15)8-12/h4,6-8,10,15H,3,5,9H2,1-2H3,(H,14,16). The van der Waals surface area contributed by atoms with Crippen molar-refractivity contribution < 1.29 is 14.6 Å². The Morgan fingerprint density at radius 2 is 2.29 bits per heavy atom. The number of carbonyl (C=O) groups excluding carboxylic acids is 1. The number of amides is 1. The lowest BCUT2D eigenvalue weighted by molar-refractivity contribution is -0.123. The van der Waals surface area contributed by atoms with Crippen molar-refractivity contribution in [1.29, 1.82) is 0 Å². The van der Waals surface area contributed by atoms with E-state index < -0.39 is 0 Å². The molecule has 1 unspecified atom stereocenters. The molecule has 4 nitrogen and oxygen atoms in total. The van der Waals surface area contributed by atoms with Crippen LogP contribution in [0.4, 0.5) is 0 Å². The zero-order chi connectivity index (χ0) is 12.7. The van der Waals surface area contributed by atoms with E-state index in [9.17, 15) is 9.90 Å². The minimum Gasteiger partial charge on any atom is -0.508 e. The number of hydrogen-bond acceptors (Lipinski definition) is 3. The van der Waals surface area contributed by atoms with Crippen molar-refractivity contribution in [2.24, 2.45) is 0 Å². The highest BCUT2D eigenvalue weighted by molar-refractivity contribution is 5.77. The molecule has 0 saturated heterocycles. The van der Waals surface area contributed by atoms with Gasteiger partial charge in [0.15, 0.2) is 6.61 Å². The van der Waals surface area contributed by atoms with Crippen LogP contribution in [0.25, 0.3) is 0 Å². The Morgan fingerprint density at radius 3 is 2.94 bits per heavy atom. The summed E-state index contributed by atoms with van der Waals surface area (Å²) in [5.74, 6) is 0.472. The summed E-state index contributed by atoms with van der Waals surface area (Å²) in [5, 5.41) is 12.1. The molecule has 1 rings (SSSR count). The van der Waals surface area contributed by atoms with Gasteiger partial charge in [-0.05, 0) is 25.5 Å². The molecule has 0 bridgehead atoms. The lowest BCUT2D eigenvalue weighted by Crippen LogP contribution is -2.35. The third-order valence-electron chi connectivity index (χ3n) is 2.32. The molecule has 0 spiro atoms. The molecular formula is C13H19NO3. The van der Waals surface area contributed by atoms with Crippen LogP contribution in [0.5, 0.6) is 11.5 Å². The molecule has 4 heteroatoms. The topological polar surface area (TPSA) is 58.6 Å². The number of hydrogen-bond donors (Lipinski definition) is 2. The quantitative estimate of drug-likeness (QED) is 0.796. The fourth-order valence-electron chi connectivity index (χ4n) is 1.54. The zero-order valence-electron chi connectivity index (χ0n) is 10.3. The number of nitrogens with one attached hydrogen (secondary N) is 1. The van der Waals surface area contributed by atoms with Gasteiger partial charge in [0.05, 0.1) is 0 Å². The Balaban J connectivity index is 2.33. The van der Waals surface area contributed by atoms with E-state index in [-0.39, 0.29) is 24.3 Å². The Kier molecular flexibility index (Phi) is 5.33. The van der Waals surface area contributed by atoms with Crippen molar-refractivity contribution in [2.75, 3.05) is 6.61 Å². The second-order valence-electron chi connectivity index (χ2n) is 4.04. The van der Waals surface area contributed by atoms with Gasteiger partial charge in [-0.1, -0.05) is 19.4 Å². The summed E-state index contributed by atoms with van der Waals surface area (Å²) in [4.78, 5) is 11.5. The van der Waals surface area contributed by atoms with Crippen LogP contribution in [0, 0.1) is 0 Å². The summed E-state index contributed by atoms with van der Waals surface area (Å²) in [5.41, 5.74) is 0. The second kappa shape index (κ2) is 6.78. The maximum atomic E-state index is 11.5. The van der Waals surface area contributed by atoms with E-state index in [0.29, 0.717) is 5.75 Å². The molecular weight excluding hydrogens is 218 g/mol. The van der Waals surface area contributed by atoms with Crippen molar-refractivity contribution >= 4 is 5.91 Å². The molecule has 1 aromatic rings. The van der Waals surface area contributed by atoms with E-state index in [1.807, 2.05) is 6.92 Å². The summed E-state index contributed by atoms with van der Waals surface area (Å²) in [6.07, 6.45) is 1.99. The van der Waals surface area contributed by atoms with Crippen LogP contribution in [0.1, 0.15) is 26.7 Å². The lowest BCUT2D eigenvalue weighted by atomic mass is 10.2. The first-order valence-corrected chi connectivity index (χ1v) is 5.83. The van der Waals surface area contributed by atoms with Gasteiger partial charge in [-0.2, -0.15) is 0 Å². The van der Waals surface area contributed by atoms with Crippen LogP contribution in [-0.4, -0.2) is 23.7 Å². The first-order valence-electron chi connectivity index (χ1n) is 5.83. The Hall–Kier alpha value is -1.71. The highest BCUT2D eigenvalue weighted by atomic mass is 16.5. The van der Waals surface area contributed by atoms with Crippen molar-refractivity contribution in [3.63, 3.8) is 0 Å². The Morgan fingerprint density at radius 1 is 1.53 bits per heavy atom. The number of benzene rings is 1. The van der Waals surface area contributed by atoms with Crippen LogP contribution in [-0.2, 0) is 4.79 Å². The molecule has 0 aliphatic rings. The number of ether oxygens (including phenoxy) is 1. The van der Waals surface area contributed by atoms with Gasteiger partial charge >= 0.3 is 0 Å². The molecule has 0 aliphatic heterocycles. The molecule has 0 fully saturated rings. The molecule has 0 aliphatic carbocycles. The van der Waals surface area contributed by atoms with E-state index in [4.69, 9.17) is 4.74 Å². The van der Waals surface area contributed by atoms with Crippen molar-refractivity contribution in [3.05, 3.63) is 24.3 Å². The second-order valence-corrected chi connectivity index (χ2v) is 4.04. The Labute approximate surface area is 102 Å². The summed E-state index contributed by atoms with van der Waals surface area (Å²) < 4.78 is 5.26. The van der Waals surface area contributed by atoms with Crippen LogP contribution >= 0.6 is 0 Å². The van der Waals surface area contributed by atoms with Gasteiger partial charge in [0, 0.05) is 12.1 Å². The zero-order valence-corrected chi connectivity index (χ0v) is 10.3. The lowest BCUT2D eigenvalue weighted by Gasteiger charge is -2.13. The number of rotatable bonds is 6. The highest BCUT2D eigenvalue weighted by Gasteiger charge is 2.07. The van der Waals surface area contributed by atoms with Crippen LogP contribution in [0.3, 0.4) is 0 Å². The van der Waals surface area contributed by atoms with Crippen molar-refractivity contribution in [3.8, 4) is 11.5 Å². The molecule has 17 heavy (non-hydrogen) atoms. The number of aromatic hydroxyl groups is 1. The van der Waals surface area contributed by atoms with E-state index >= 15 is 0 Å². The smallest absolute Gasteiger partial charge is 0.258 e. The van der Waals surface area contributed by atoms with Gasteiger partial charge in [0.25, 0.3) is 5.91 Å². The van der Waals surface area contributed by atoms with Gasteiger partial charge in [-0.25, -0.2) is 0 Å². The third kappa shape index (κ3) is 5.24. The molecule has 94 valence electrons. The first-order chi connectivity index (χ1) is 8.11. The summed E-state index contributed by atoms with van der Waals surface area (Å²) >= 11 is 0. The maximum absolute atomic E-state index is 11.5. The molecule has 1 amide bonds. The van der Waals surface area contributed by atoms with Gasteiger partial charge in [0.2, 0.25) is 0 Å². The average Bonchev–Trinajstić information content (AvgIpc) is 2.27. The fraction of sp³-hybridized carbons (Fsp3) is 0.462. The van der Waals surface area contributed by atoms with E-state index in [1.54, 1.807) is 18.2 Å². The van der Waals surface area contributed by atoms with Crippen LogP contribution in [0.15, 0.2) is 24.3 Å². The van der Waals surface area contributed by atoms with E-state index in [2.05, 4.69) is 12.2 Å². The summed E-state index contributed by atoms with van der Waals surface area (Å²) in [6.45, 7) is 4.01. The van der Waals surface area contributed by atoms with Crippen molar-refractivity contribution in [2.45, 2.75) is 32.7 Å². The molecule has 0 radical (unpaired) electrons. The minimum atomic E-state index is -0.144. The Bertz CT molecular complexity index is 365. The van der Waals surface area contributed by atoms with Gasteiger partial charge in [-0.15, -0.1) is 0 Å². The summed E-state index contributed by atoms with van der Waals surface area (Å²) in [7, 11) is 0. The van der Waals surface area contributed by atoms with Crippen LogP contribution in [0.2, 0.25) is 0 Å². The highest BCUT2D eigenvalue weighted by Crippen LogP contribution is 2.17. The third-order valence-corrected chi connectivity index (χ3v) is 2.32. The molecule has 0 aromatic heterocycles. The molecule has 1 aromatic carbocycles. The average molecular weight is 237 g/mol. The number of phenolic OH excluding ortho intramolecular Hbond substituents is 1. The fourth-order valence-corrected chi connectivity index (χ4v) is 1.54. The largest absolute Gasteiger partial charge is 0.508 e. The molecule has 2 N–H and O–H groups in total. The first kappa shape index (κ1) is 13.4. The van der Waals surface area contributed by atoms with E-state index in [1.165, 1.54) is 6.07 Å². The van der Waals surface area contributed by atoms with Crippen molar-refractivity contribution in [1.82, 2.24) is 5.32 Å². The monoisotopic (exact) mass is 237 g/mol. The van der Waals surface area contributed by atoms with Gasteiger partial charge < -0.3 is 15.2 Å². The van der Waals surface area contributed by atoms with E-state index in [0.717, 1.165) is 12.8 Å². The normalized spacial score (nSPS) is 11.9. The number of carbonyl (C=O) groups is 1. The molecule has 1 atom stereocenters.